The molecule has 2 spiro atoms. The van der Waals surface area contributed by atoms with E-state index in [0.29, 0.717) is 25.2 Å². The maximum absolute atomic E-state index is 13.8. The SMILES string of the molecule is C[C@H](CCC(=O)C(C)(C)O[C@@H]1O[C@H](CO)[C@@H](O)[C@H](O)[C@H]1O)[C@H]1[C@@H](O)C[C@@]2(C)[C@@H]3CC[C@H]4C(C)(C)[C@@H](O[C@@H]5O[C@H](CO[C@@H]6O[C@H](CO)[C@@H](O)[C@H](O)[C@H]6O)[C@@H](O)[C@H](O)[C@H]5O[C@@H]5O[C@H](CO)[C@@H](O)[C@H](O)[C@H]5O)CC[C@@]45C[C@@]35CC[C@]12C. The molecule has 0 aromatic carbocycles. The molecule has 78 heavy (non-hydrogen) atoms. The zero-order chi connectivity index (χ0) is 57.1. The molecule has 9 rings (SSSR count). The fourth-order valence-corrected chi connectivity index (χ4v) is 17.2. The Balaban J connectivity index is 0.889. The van der Waals surface area contributed by atoms with Crippen molar-refractivity contribution in [2.24, 2.45) is 50.7 Å². The first kappa shape index (κ1) is 61.3. The maximum Gasteiger partial charge on any atom is 0.187 e. The minimum Gasteiger partial charge on any atom is -0.394 e. The zero-order valence-electron chi connectivity index (χ0n) is 45.8. The Morgan fingerprint density at radius 1 is 0.564 bits per heavy atom. The number of fused-ring (bicyclic) bond motifs is 2. The van der Waals surface area contributed by atoms with Gasteiger partial charge in [0.25, 0.3) is 0 Å². The molecule has 0 radical (unpaired) electrons. The lowest BCUT2D eigenvalue weighted by atomic mass is 9.41. The van der Waals surface area contributed by atoms with Crippen LogP contribution in [0.25, 0.3) is 0 Å². The molecule has 5 saturated carbocycles. The fraction of sp³-hybridized carbons (Fsp3) is 0.981. The highest BCUT2D eigenvalue weighted by Crippen LogP contribution is 2.89. The predicted octanol–water partition coefficient (Wildman–Crippen LogP) is -3.19. The Labute approximate surface area is 454 Å². The molecular weight excluding hydrogens is 1030 g/mol. The monoisotopic (exact) mass is 1120 g/mol. The van der Waals surface area contributed by atoms with E-state index in [1.807, 2.05) is 0 Å². The predicted molar refractivity (Wildman–Crippen MR) is 265 cm³/mol. The molecule has 9 fully saturated rings. The quantitative estimate of drug-likeness (QED) is 0.0638. The van der Waals surface area contributed by atoms with Crippen molar-refractivity contribution in [1.29, 1.82) is 0 Å². The highest BCUT2D eigenvalue weighted by atomic mass is 16.8. The molecule has 24 nitrogen and oxygen atoms in total. The van der Waals surface area contributed by atoms with Crippen LogP contribution >= 0.6 is 0 Å². The van der Waals surface area contributed by atoms with Crippen molar-refractivity contribution in [3.05, 3.63) is 0 Å². The van der Waals surface area contributed by atoms with Crippen LogP contribution in [0.15, 0.2) is 0 Å². The highest BCUT2D eigenvalue weighted by Gasteiger charge is 2.83. The van der Waals surface area contributed by atoms with Gasteiger partial charge in [0.2, 0.25) is 0 Å². The molecule has 4 saturated heterocycles. The van der Waals surface area contributed by atoms with Crippen LogP contribution in [0, 0.1) is 50.7 Å². The third-order valence-corrected chi connectivity index (χ3v) is 21.8. The maximum atomic E-state index is 13.8. The molecule has 450 valence electrons. The van der Waals surface area contributed by atoms with E-state index in [2.05, 4.69) is 34.6 Å². The second kappa shape index (κ2) is 22.3. The summed E-state index contributed by atoms with van der Waals surface area (Å²) in [5.41, 5.74) is -2.54. The summed E-state index contributed by atoms with van der Waals surface area (Å²) in [7, 11) is 0. The number of ketones is 1. The van der Waals surface area contributed by atoms with Crippen LogP contribution in [-0.2, 0) is 42.7 Å². The summed E-state index contributed by atoms with van der Waals surface area (Å²) < 4.78 is 47.8. The van der Waals surface area contributed by atoms with E-state index in [0.717, 1.165) is 38.5 Å². The van der Waals surface area contributed by atoms with Gasteiger partial charge in [-0.25, -0.2) is 0 Å². The number of carbonyl (C=O) groups excluding carboxylic acids is 1. The van der Waals surface area contributed by atoms with Gasteiger partial charge in [-0.2, -0.15) is 0 Å². The molecule has 15 N–H and O–H groups in total. The molecule has 0 bridgehead atoms. The number of aliphatic hydroxyl groups excluding tert-OH is 15. The Kier molecular flexibility index (Phi) is 17.5. The van der Waals surface area contributed by atoms with Crippen molar-refractivity contribution in [2.45, 2.75) is 253 Å². The van der Waals surface area contributed by atoms with Gasteiger partial charge in [-0.1, -0.05) is 34.6 Å². The fourth-order valence-electron chi connectivity index (χ4n) is 17.2. The van der Waals surface area contributed by atoms with Gasteiger partial charge in [0.15, 0.2) is 30.9 Å². The van der Waals surface area contributed by atoms with Gasteiger partial charge < -0.3 is 114 Å². The van der Waals surface area contributed by atoms with Gasteiger partial charge in [0.1, 0.15) is 103 Å². The number of aliphatic hydroxyl groups is 15. The number of ether oxygens (including phenoxy) is 8. The summed E-state index contributed by atoms with van der Waals surface area (Å²) >= 11 is 0. The molecule has 4 heterocycles. The molecule has 24 heteroatoms. The number of rotatable bonds is 17. The minimum atomic E-state index is -1.87. The van der Waals surface area contributed by atoms with Crippen LogP contribution in [0.1, 0.15) is 113 Å². The number of hydrogen-bond acceptors (Lipinski definition) is 24. The van der Waals surface area contributed by atoms with Crippen molar-refractivity contribution in [2.75, 3.05) is 26.4 Å². The van der Waals surface area contributed by atoms with Crippen LogP contribution in [0.5, 0.6) is 0 Å². The Morgan fingerprint density at radius 3 is 1.65 bits per heavy atom. The average Bonchev–Trinajstić information content (AvgIpc) is 1.89. The average molecular weight is 1120 g/mol. The van der Waals surface area contributed by atoms with E-state index < -0.39 is 172 Å². The number of hydrogen-bond donors (Lipinski definition) is 15. The molecular formula is C54H90O24. The van der Waals surface area contributed by atoms with Gasteiger partial charge in [0.05, 0.1) is 38.6 Å². The van der Waals surface area contributed by atoms with Gasteiger partial charge in [-0.15, -0.1) is 0 Å². The smallest absolute Gasteiger partial charge is 0.187 e. The Bertz CT molecular complexity index is 2080. The molecule has 0 aromatic heterocycles. The summed E-state index contributed by atoms with van der Waals surface area (Å²) in [6.45, 7) is 11.5. The molecule has 0 unspecified atom stereocenters. The standard InChI is InChI=1S/C54H90O24/c1-22(8-11-30(59)50(4,5)78-47-43(70)39(66)35(62)26(19-57)74-47)32-23(58)16-52(7)29-10-9-28-49(2,3)31(12-13-53(28)21-54(29,53)15-14-51(32,52)6)76-48-44(77-46-42(69)38(65)34(61)25(18-56)73-46)40(67)36(63)27(75-48)20-71-45-41(68)37(64)33(60)24(17-55)72-45/h22-29,31-48,55-58,60-70H,8-21H2,1-7H3/t22-,23+,24-,25-,26-,27-,28+,29+,31+,32+,33-,34-,35-,36-,37+,38+,39+,40+,41-,42-,43-,44-,45-,46+,47+,48+,51-,52+,53-,54+/m1/s1. The normalized spacial score (nSPS) is 53.3. The Hall–Kier alpha value is -1.25. The van der Waals surface area contributed by atoms with E-state index in [1.165, 1.54) is 0 Å². The molecule has 9 aliphatic rings. The second-order valence-corrected chi connectivity index (χ2v) is 26.4. The van der Waals surface area contributed by atoms with Gasteiger partial charge in [-0.05, 0) is 122 Å². The summed E-state index contributed by atoms with van der Waals surface area (Å²) in [4.78, 5) is 13.8. The van der Waals surface area contributed by atoms with Crippen molar-refractivity contribution in [3.63, 3.8) is 0 Å². The summed E-state index contributed by atoms with van der Waals surface area (Å²) in [5.74, 6) is 0.0209. The first-order valence-electron chi connectivity index (χ1n) is 28.3. The number of Topliss-reactive ketones (excluding diaryl/α,β-unsaturated/α-hetero) is 1. The highest BCUT2D eigenvalue weighted by molar-refractivity contribution is 5.86. The summed E-state index contributed by atoms with van der Waals surface area (Å²) in [6.07, 6.45) is -26.3. The first-order chi connectivity index (χ1) is 36.5. The van der Waals surface area contributed by atoms with E-state index in [-0.39, 0.29) is 51.6 Å². The van der Waals surface area contributed by atoms with E-state index in [4.69, 9.17) is 37.9 Å². The first-order valence-corrected chi connectivity index (χ1v) is 28.3. The molecule has 0 amide bonds. The van der Waals surface area contributed by atoms with Crippen LogP contribution in [0.2, 0.25) is 0 Å². The van der Waals surface area contributed by atoms with Gasteiger partial charge >= 0.3 is 0 Å². The largest absolute Gasteiger partial charge is 0.394 e. The molecule has 30 atom stereocenters. The van der Waals surface area contributed by atoms with Crippen molar-refractivity contribution in [1.82, 2.24) is 0 Å². The van der Waals surface area contributed by atoms with E-state index in [9.17, 15) is 81.4 Å². The lowest BCUT2D eigenvalue weighted by Gasteiger charge is -2.63. The van der Waals surface area contributed by atoms with Crippen LogP contribution in [0.4, 0.5) is 0 Å². The van der Waals surface area contributed by atoms with Crippen LogP contribution in [-0.4, -0.2) is 249 Å². The van der Waals surface area contributed by atoms with Crippen molar-refractivity contribution in [3.8, 4) is 0 Å². The van der Waals surface area contributed by atoms with Crippen molar-refractivity contribution < 1.29 is 119 Å². The van der Waals surface area contributed by atoms with Gasteiger partial charge in [-0.3, -0.25) is 4.79 Å². The van der Waals surface area contributed by atoms with E-state index in [1.54, 1.807) is 13.8 Å². The second-order valence-electron chi connectivity index (χ2n) is 26.4. The van der Waals surface area contributed by atoms with Crippen LogP contribution < -0.4 is 0 Å². The molecule has 0 aromatic rings. The van der Waals surface area contributed by atoms with Crippen LogP contribution in [0.3, 0.4) is 0 Å². The summed E-state index contributed by atoms with van der Waals surface area (Å²) in [6, 6.07) is 0. The third-order valence-electron chi connectivity index (χ3n) is 21.8. The number of carbonyl (C=O) groups is 1. The lowest BCUT2D eigenvalue weighted by molar-refractivity contribution is -0.381. The van der Waals surface area contributed by atoms with E-state index >= 15 is 0 Å². The summed E-state index contributed by atoms with van der Waals surface area (Å²) in [5, 5.41) is 159. The minimum absolute atomic E-state index is 0.00472. The molecule has 5 aliphatic carbocycles. The lowest BCUT2D eigenvalue weighted by Crippen LogP contribution is -2.66. The third kappa shape index (κ3) is 9.89. The topological polar surface area (TPSA) is 394 Å². The van der Waals surface area contributed by atoms with Gasteiger partial charge in [0, 0.05) is 6.42 Å². The van der Waals surface area contributed by atoms with Crippen molar-refractivity contribution >= 4 is 5.78 Å². The zero-order valence-corrected chi connectivity index (χ0v) is 45.8. The molecule has 4 aliphatic heterocycles. The Morgan fingerprint density at radius 2 is 1.06 bits per heavy atom.